The molecule has 1 aromatic heterocycles. The summed E-state index contributed by atoms with van der Waals surface area (Å²) in [7, 11) is 0. The predicted octanol–water partition coefficient (Wildman–Crippen LogP) is 2.12. The number of aliphatic carboxylic acids is 1. The normalized spacial score (nSPS) is 11.2. The van der Waals surface area contributed by atoms with Crippen LogP contribution in [0.25, 0.3) is 11.1 Å². The molecule has 1 heterocycles. The zero-order valence-corrected chi connectivity index (χ0v) is 10.3. The minimum Gasteiger partial charge on any atom is -0.481 e. The zero-order chi connectivity index (χ0) is 13.0. The quantitative estimate of drug-likeness (QED) is 0.848. The molecule has 1 N–H and O–H groups in total. The van der Waals surface area contributed by atoms with E-state index >= 15 is 0 Å². The molecule has 0 fully saturated rings. The van der Waals surface area contributed by atoms with Crippen molar-refractivity contribution in [2.75, 3.05) is 13.1 Å². The molecular weight excluding hydrogens is 232 g/mol. The highest BCUT2D eigenvalue weighted by atomic mass is 16.4. The molecule has 0 radical (unpaired) electrons. The van der Waals surface area contributed by atoms with Crippen molar-refractivity contribution in [3.05, 3.63) is 30.2 Å². The van der Waals surface area contributed by atoms with Crippen LogP contribution < -0.4 is 0 Å². The van der Waals surface area contributed by atoms with Gasteiger partial charge in [-0.1, -0.05) is 19.1 Å². The number of hydrogen-bond acceptors (Lipinski definition) is 4. The molecule has 2 rings (SSSR count). The fourth-order valence-corrected chi connectivity index (χ4v) is 1.78. The Morgan fingerprint density at radius 3 is 2.89 bits per heavy atom. The van der Waals surface area contributed by atoms with Gasteiger partial charge in [-0.15, -0.1) is 0 Å². The first-order valence-electron chi connectivity index (χ1n) is 5.97. The average molecular weight is 248 g/mol. The maximum absolute atomic E-state index is 10.5. The summed E-state index contributed by atoms with van der Waals surface area (Å²) in [5, 5.41) is 8.67. The summed E-state index contributed by atoms with van der Waals surface area (Å²) < 4.78 is 5.61. The number of para-hydroxylation sites is 2. The Morgan fingerprint density at radius 1 is 1.44 bits per heavy atom. The van der Waals surface area contributed by atoms with Crippen LogP contribution in [0.1, 0.15) is 19.2 Å². The van der Waals surface area contributed by atoms with E-state index in [1.165, 1.54) is 0 Å². The number of oxazole rings is 1. The summed E-state index contributed by atoms with van der Waals surface area (Å²) in [4.78, 5) is 16.9. The molecule has 0 saturated heterocycles. The second kappa shape index (κ2) is 5.64. The molecule has 0 aliphatic heterocycles. The molecule has 0 atom stereocenters. The standard InChI is InChI=1S/C13H16N2O3/c1-2-15(8-7-13(16)17)9-12-14-10-5-3-4-6-11(10)18-12/h3-6H,2,7-9H2,1H3,(H,16,17). The third-order valence-corrected chi connectivity index (χ3v) is 2.79. The van der Waals surface area contributed by atoms with Gasteiger partial charge in [0.05, 0.1) is 13.0 Å². The van der Waals surface area contributed by atoms with E-state index < -0.39 is 5.97 Å². The summed E-state index contributed by atoms with van der Waals surface area (Å²) in [6.45, 7) is 3.81. The Balaban J connectivity index is 2.04. The molecule has 18 heavy (non-hydrogen) atoms. The van der Waals surface area contributed by atoms with Crippen molar-refractivity contribution >= 4 is 17.1 Å². The maximum Gasteiger partial charge on any atom is 0.304 e. The summed E-state index contributed by atoms with van der Waals surface area (Å²) in [5.74, 6) is -0.158. The first kappa shape index (κ1) is 12.6. The predicted molar refractivity (Wildman–Crippen MR) is 67.2 cm³/mol. The molecule has 0 bridgehead atoms. The van der Waals surface area contributed by atoms with E-state index in [4.69, 9.17) is 9.52 Å². The van der Waals surface area contributed by atoms with Crippen LogP contribution in [0.4, 0.5) is 0 Å². The van der Waals surface area contributed by atoms with Gasteiger partial charge in [0.25, 0.3) is 0 Å². The van der Waals surface area contributed by atoms with E-state index in [0.717, 1.165) is 17.6 Å². The first-order valence-corrected chi connectivity index (χ1v) is 5.97. The van der Waals surface area contributed by atoms with Crippen molar-refractivity contribution in [1.29, 1.82) is 0 Å². The van der Waals surface area contributed by atoms with Gasteiger partial charge in [0.2, 0.25) is 5.89 Å². The second-order valence-corrected chi connectivity index (χ2v) is 4.09. The summed E-state index contributed by atoms with van der Waals surface area (Å²) in [5.41, 5.74) is 1.60. The number of carboxylic acids is 1. The number of carboxylic acid groups (broad SMARTS) is 1. The van der Waals surface area contributed by atoms with Crippen LogP contribution >= 0.6 is 0 Å². The van der Waals surface area contributed by atoms with Crippen molar-refractivity contribution in [1.82, 2.24) is 9.88 Å². The molecule has 1 aromatic carbocycles. The van der Waals surface area contributed by atoms with Gasteiger partial charge in [0, 0.05) is 6.54 Å². The number of hydrogen-bond donors (Lipinski definition) is 1. The van der Waals surface area contributed by atoms with Gasteiger partial charge in [-0.2, -0.15) is 0 Å². The molecule has 0 saturated carbocycles. The molecule has 5 heteroatoms. The third kappa shape index (κ3) is 3.07. The van der Waals surface area contributed by atoms with E-state index in [1.807, 2.05) is 36.1 Å². The number of rotatable bonds is 6. The Hall–Kier alpha value is -1.88. The highest BCUT2D eigenvalue weighted by Gasteiger charge is 2.11. The molecule has 0 aliphatic rings. The molecule has 0 amide bonds. The Kier molecular flexibility index (Phi) is 3.94. The molecule has 0 spiro atoms. The number of nitrogens with zero attached hydrogens (tertiary/aromatic N) is 2. The van der Waals surface area contributed by atoms with E-state index in [2.05, 4.69) is 4.98 Å². The smallest absolute Gasteiger partial charge is 0.304 e. The van der Waals surface area contributed by atoms with E-state index in [-0.39, 0.29) is 6.42 Å². The fourth-order valence-electron chi connectivity index (χ4n) is 1.78. The van der Waals surface area contributed by atoms with Crippen molar-refractivity contribution in [2.24, 2.45) is 0 Å². The highest BCUT2D eigenvalue weighted by molar-refractivity contribution is 5.72. The Bertz CT molecular complexity index is 503. The summed E-state index contributed by atoms with van der Waals surface area (Å²) in [6.07, 6.45) is 0.133. The van der Waals surface area contributed by atoms with Crippen LogP contribution in [0.2, 0.25) is 0 Å². The van der Waals surface area contributed by atoms with E-state index in [1.54, 1.807) is 0 Å². The van der Waals surface area contributed by atoms with Crippen molar-refractivity contribution in [3.8, 4) is 0 Å². The lowest BCUT2D eigenvalue weighted by Gasteiger charge is -2.16. The van der Waals surface area contributed by atoms with Crippen molar-refractivity contribution in [3.63, 3.8) is 0 Å². The summed E-state index contributed by atoms with van der Waals surface area (Å²) >= 11 is 0. The zero-order valence-electron chi connectivity index (χ0n) is 10.3. The second-order valence-electron chi connectivity index (χ2n) is 4.09. The lowest BCUT2D eigenvalue weighted by molar-refractivity contribution is -0.137. The Morgan fingerprint density at radius 2 is 2.22 bits per heavy atom. The van der Waals surface area contributed by atoms with Crippen molar-refractivity contribution < 1.29 is 14.3 Å². The Labute approximate surface area is 105 Å². The highest BCUT2D eigenvalue weighted by Crippen LogP contribution is 2.15. The molecule has 96 valence electrons. The topological polar surface area (TPSA) is 66.6 Å². The molecule has 0 aliphatic carbocycles. The van der Waals surface area contributed by atoms with Gasteiger partial charge in [-0.25, -0.2) is 4.98 Å². The SMILES string of the molecule is CCN(CCC(=O)O)Cc1nc2ccccc2o1. The van der Waals surface area contributed by atoms with Crippen LogP contribution in [0.5, 0.6) is 0 Å². The molecule has 0 unspecified atom stereocenters. The van der Waals surface area contributed by atoms with Gasteiger partial charge in [0.15, 0.2) is 5.58 Å². The van der Waals surface area contributed by atoms with Crippen LogP contribution in [0.15, 0.2) is 28.7 Å². The van der Waals surface area contributed by atoms with Crippen LogP contribution in [-0.2, 0) is 11.3 Å². The lowest BCUT2D eigenvalue weighted by Crippen LogP contribution is -2.25. The number of benzene rings is 1. The summed E-state index contributed by atoms with van der Waals surface area (Å²) in [6, 6.07) is 7.59. The van der Waals surface area contributed by atoms with Crippen LogP contribution in [-0.4, -0.2) is 34.0 Å². The van der Waals surface area contributed by atoms with Gasteiger partial charge >= 0.3 is 5.97 Å². The van der Waals surface area contributed by atoms with Gasteiger partial charge in [0.1, 0.15) is 5.52 Å². The molecular formula is C13H16N2O3. The van der Waals surface area contributed by atoms with Gasteiger partial charge in [-0.05, 0) is 18.7 Å². The molecule has 5 nitrogen and oxygen atoms in total. The average Bonchev–Trinajstić information content (AvgIpc) is 2.76. The number of carbonyl (C=O) groups is 1. The maximum atomic E-state index is 10.5. The van der Waals surface area contributed by atoms with E-state index in [0.29, 0.717) is 19.0 Å². The van der Waals surface area contributed by atoms with Crippen LogP contribution in [0.3, 0.4) is 0 Å². The van der Waals surface area contributed by atoms with Gasteiger partial charge in [-0.3, -0.25) is 9.69 Å². The number of fused-ring (bicyclic) bond motifs is 1. The third-order valence-electron chi connectivity index (χ3n) is 2.79. The van der Waals surface area contributed by atoms with Crippen molar-refractivity contribution in [2.45, 2.75) is 19.9 Å². The van der Waals surface area contributed by atoms with Crippen LogP contribution in [0, 0.1) is 0 Å². The fraction of sp³-hybridized carbons (Fsp3) is 0.385. The monoisotopic (exact) mass is 248 g/mol. The minimum absolute atomic E-state index is 0.133. The van der Waals surface area contributed by atoms with E-state index in [9.17, 15) is 4.79 Å². The lowest BCUT2D eigenvalue weighted by atomic mass is 10.3. The number of aromatic nitrogens is 1. The minimum atomic E-state index is -0.786. The largest absolute Gasteiger partial charge is 0.481 e. The van der Waals surface area contributed by atoms with Gasteiger partial charge < -0.3 is 9.52 Å². The molecule has 2 aromatic rings. The first-order chi connectivity index (χ1) is 8.69.